The van der Waals surface area contributed by atoms with E-state index in [9.17, 15) is 0 Å². The van der Waals surface area contributed by atoms with Crippen LogP contribution in [0.3, 0.4) is 0 Å². The van der Waals surface area contributed by atoms with Crippen molar-refractivity contribution in [3.8, 4) is 0 Å². The van der Waals surface area contributed by atoms with Crippen molar-refractivity contribution in [3.63, 3.8) is 0 Å². The summed E-state index contributed by atoms with van der Waals surface area (Å²) in [5, 5.41) is 6.79. The Bertz CT molecular complexity index is 362. The van der Waals surface area contributed by atoms with Crippen LogP contribution in [0, 0.1) is 5.92 Å². The molecule has 1 unspecified atom stereocenters. The van der Waals surface area contributed by atoms with Gasteiger partial charge in [-0.3, -0.25) is 9.89 Å². The molecule has 2 N–H and O–H groups in total. The highest BCUT2D eigenvalue weighted by atomic mass is 127. The molecule has 0 aromatic heterocycles. The molecule has 1 atom stereocenters. The fourth-order valence-corrected chi connectivity index (χ4v) is 3.33. The molecule has 1 aliphatic rings. The van der Waals surface area contributed by atoms with Crippen LogP contribution in [-0.2, 0) is 9.47 Å². The third kappa shape index (κ3) is 12.9. The van der Waals surface area contributed by atoms with Gasteiger partial charge in [0.25, 0.3) is 0 Å². The van der Waals surface area contributed by atoms with Crippen LogP contribution in [-0.4, -0.2) is 76.6 Å². The number of halogens is 1. The quantitative estimate of drug-likeness (QED) is 0.188. The Morgan fingerprint density at radius 3 is 2.33 bits per heavy atom. The van der Waals surface area contributed by atoms with Crippen LogP contribution in [0.2, 0.25) is 0 Å². The van der Waals surface area contributed by atoms with Crippen LogP contribution in [0.25, 0.3) is 0 Å². The highest BCUT2D eigenvalue weighted by Crippen LogP contribution is 2.17. The molecular formula is C20H43IN4O2. The predicted molar refractivity (Wildman–Crippen MR) is 125 cm³/mol. The summed E-state index contributed by atoms with van der Waals surface area (Å²) in [5.74, 6) is 1.54. The van der Waals surface area contributed by atoms with Crippen LogP contribution in [0.4, 0.5) is 0 Å². The molecule has 0 saturated carbocycles. The summed E-state index contributed by atoms with van der Waals surface area (Å²) in [6.07, 6.45) is 6.37. The topological polar surface area (TPSA) is 58.1 Å². The van der Waals surface area contributed by atoms with E-state index in [-0.39, 0.29) is 24.0 Å². The molecule has 162 valence electrons. The normalized spacial score (nSPS) is 17.3. The van der Waals surface area contributed by atoms with Gasteiger partial charge in [0.05, 0.1) is 19.8 Å². The van der Waals surface area contributed by atoms with E-state index >= 15 is 0 Å². The molecule has 1 saturated heterocycles. The Labute approximate surface area is 184 Å². The summed E-state index contributed by atoms with van der Waals surface area (Å²) < 4.78 is 10.5. The number of methoxy groups -OCH3 is 1. The van der Waals surface area contributed by atoms with Crippen LogP contribution in [0.5, 0.6) is 0 Å². The van der Waals surface area contributed by atoms with E-state index in [1.165, 1.54) is 38.8 Å². The number of ether oxygens (including phenoxy) is 2. The average Bonchev–Trinajstić information content (AvgIpc) is 2.90. The van der Waals surface area contributed by atoms with Crippen molar-refractivity contribution in [2.24, 2.45) is 10.9 Å². The monoisotopic (exact) mass is 498 g/mol. The zero-order valence-corrected chi connectivity index (χ0v) is 20.3. The minimum absolute atomic E-state index is 0. The van der Waals surface area contributed by atoms with Crippen molar-refractivity contribution in [1.82, 2.24) is 15.5 Å². The third-order valence-electron chi connectivity index (χ3n) is 4.85. The number of hydrogen-bond acceptors (Lipinski definition) is 4. The van der Waals surface area contributed by atoms with Crippen molar-refractivity contribution in [1.29, 1.82) is 0 Å². The summed E-state index contributed by atoms with van der Waals surface area (Å²) in [4.78, 5) is 7.54. The molecule has 0 spiro atoms. The van der Waals surface area contributed by atoms with Crippen molar-refractivity contribution >= 4 is 29.9 Å². The van der Waals surface area contributed by atoms with Crippen LogP contribution >= 0.6 is 24.0 Å². The van der Waals surface area contributed by atoms with Gasteiger partial charge in [-0.2, -0.15) is 0 Å². The number of nitrogens with one attached hydrogen (secondary N) is 2. The number of hydrogen-bond donors (Lipinski definition) is 2. The molecule has 0 radical (unpaired) electrons. The largest absolute Gasteiger partial charge is 0.382 e. The molecule has 0 aliphatic carbocycles. The molecule has 1 fully saturated rings. The van der Waals surface area contributed by atoms with E-state index < -0.39 is 0 Å². The second-order valence-electron chi connectivity index (χ2n) is 7.37. The standard InChI is InChI=1S/C20H42N4O2.HI/c1-5-21-20(22-11-10-14-26-16-15-25-4)23-17-19(18(2)3)24-12-8-6-7-9-13-24;/h18-19H,5-17H2,1-4H3,(H2,21,22,23);1H. The first-order valence-electron chi connectivity index (χ1n) is 10.5. The van der Waals surface area contributed by atoms with Crippen LogP contribution < -0.4 is 10.6 Å². The summed E-state index contributed by atoms with van der Waals surface area (Å²) in [6.45, 7) is 13.9. The van der Waals surface area contributed by atoms with Crippen LogP contribution in [0.15, 0.2) is 4.99 Å². The number of likely N-dealkylation sites (tertiary alicyclic amines) is 1. The van der Waals surface area contributed by atoms with Gasteiger partial charge in [-0.05, 0) is 45.2 Å². The van der Waals surface area contributed by atoms with Gasteiger partial charge >= 0.3 is 0 Å². The van der Waals surface area contributed by atoms with E-state index in [4.69, 9.17) is 14.5 Å². The molecule has 1 rings (SSSR count). The van der Waals surface area contributed by atoms with E-state index in [1.54, 1.807) is 7.11 Å². The lowest BCUT2D eigenvalue weighted by Crippen LogP contribution is -2.44. The van der Waals surface area contributed by atoms with Gasteiger partial charge in [-0.25, -0.2) is 0 Å². The van der Waals surface area contributed by atoms with Crippen molar-refractivity contribution < 1.29 is 9.47 Å². The SMILES string of the molecule is CCNC(=NCC(C(C)C)N1CCCCCC1)NCCCOCCOC.I. The second-order valence-corrected chi connectivity index (χ2v) is 7.37. The molecular weight excluding hydrogens is 455 g/mol. The average molecular weight is 498 g/mol. The third-order valence-corrected chi connectivity index (χ3v) is 4.85. The molecule has 0 aromatic rings. The molecule has 7 heteroatoms. The maximum Gasteiger partial charge on any atom is 0.191 e. The Balaban J connectivity index is 0.00000676. The second kappa shape index (κ2) is 17.9. The van der Waals surface area contributed by atoms with E-state index in [0.29, 0.717) is 25.2 Å². The number of rotatable bonds is 12. The van der Waals surface area contributed by atoms with Gasteiger partial charge in [0.2, 0.25) is 0 Å². The van der Waals surface area contributed by atoms with Crippen molar-refractivity contribution in [2.75, 3.05) is 59.7 Å². The van der Waals surface area contributed by atoms with Gasteiger partial charge in [0.1, 0.15) is 0 Å². The van der Waals surface area contributed by atoms with Crippen molar-refractivity contribution in [2.45, 2.75) is 58.9 Å². The van der Waals surface area contributed by atoms with E-state index in [0.717, 1.165) is 38.6 Å². The van der Waals surface area contributed by atoms with Gasteiger partial charge in [0, 0.05) is 32.8 Å². The van der Waals surface area contributed by atoms with Gasteiger partial charge in [-0.15, -0.1) is 24.0 Å². The van der Waals surface area contributed by atoms with Gasteiger partial charge in [0.15, 0.2) is 5.96 Å². The zero-order chi connectivity index (χ0) is 19.0. The van der Waals surface area contributed by atoms with Crippen LogP contribution in [0.1, 0.15) is 52.9 Å². The zero-order valence-electron chi connectivity index (χ0n) is 18.0. The number of aliphatic imine (C=N–C) groups is 1. The maximum atomic E-state index is 5.50. The molecule has 1 aliphatic heterocycles. The highest BCUT2D eigenvalue weighted by molar-refractivity contribution is 14.0. The lowest BCUT2D eigenvalue weighted by molar-refractivity contribution is 0.0698. The summed E-state index contributed by atoms with van der Waals surface area (Å²) in [5.41, 5.74) is 0. The van der Waals surface area contributed by atoms with Gasteiger partial charge in [-0.1, -0.05) is 26.7 Å². The smallest absolute Gasteiger partial charge is 0.191 e. The van der Waals surface area contributed by atoms with E-state index in [1.807, 2.05) is 0 Å². The maximum absolute atomic E-state index is 5.50. The number of nitrogens with zero attached hydrogens (tertiary/aromatic N) is 2. The minimum atomic E-state index is 0. The lowest BCUT2D eigenvalue weighted by Gasteiger charge is -2.32. The Morgan fingerprint density at radius 1 is 1.04 bits per heavy atom. The molecule has 27 heavy (non-hydrogen) atoms. The lowest BCUT2D eigenvalue weighted by atomic mass is 10.0. The summed E-state index contributed by atoms with van der Waals surface area (Å²) in [7, 11) is 1.69. The fourth-order valence-electron chi connectivity index (χ4n) is 3.33. The molecule has 6 nitrogen and oxygen atoms in total. The first-order chi connectivity index (χ1) is 12.7. The summed E-state index contributed by atoms with van der Waals surface area (Å²) >= 11 is 0. The Kier molecular flexibility index (Phi) is 17.9. The molecule has 0 aromatic carbocycles. The highest BCUT2D eigenvalue weighted by Gasteiger charge is 2.22. The van der Waals surface area contributed by atoms with Crippen molar-refractivity contribution in [3.05, 3.63) is 0 Å². The fraction of sp³-hybridized carbons (Fsp3) is 0.950. The summed E-state index contributed by atoms with van der Waals surface area (Å²) in [6, 6.07) is 0.529. The van der Waals surface area contributed by atoms with E-state index in [2.05, 4.69) is 36.3 Å². The Morgan fingerprint density at radius 2 is 1.74 bits per heavy atom. The van der Waals surface area contributed by atoms with Gasteiger partial charge < -0.3 is 20.1 Å². The number of guanidine groups is 1. The molecule has 1 heterocycles. The predicted octanol–water partition coefficient (Wildman–Crippen LogP) is 3.11. The molecule has 0 bridgehead atoms. The first kappa shape index (κ1) is 26.9. The first-order valence-corrected chi connectivity index (χ1v) is 10.5. The molecule has 0 amide bonds. The minimum Gasteiger partial charge on any atom is -0.382 e. The Hall–Kier alpha value is -0.120.